The van der Waals surface area contributed by atoms with Gasteiger partial charge in [-0.2, -0.15) is 0 Å². The molecule has 0 spiro atoms. The summed E-state index contributed by atoms with van der Waals surface area (Å²) in [7, 11) is 0. The van der Waals surface area contributed by atoms with Gasteiger partial charge in [0.1, 0.15) is 48.8 Å². The molecule has 4 aliphatic carbocycles. The molecule has 3 saturated heterocycles. The third-order valence-corrected chi connectivity index (χ3v) is 15.9. The minimum absolute atomic E-state index is 0.0175. The van der Waals surface area contributed by atoms with Crippen molar-refractivity contribution in [3.8, 4) is 0 Å². The van der Waals surface area contributed by atoms with Gasteiger partial charge in [0.25, 0.3) is 0 Å². The van der Waals surface area contributed by atoms with Gasteiger partial charge in [-0.1, -0.05) is 13.8 Å². The van der Waals surface area contributed by atoms with E-state index in [1.165, 1.54) is 13.0 Å². The summed E-state index contributed by atoms with van der Waals surface area (Å²) in [5.41, 5.74) is -3.99. The standard InChI is InChI=1S/C41H62O18/c1-18-33(58-36-32(48)34(26(45)15-53-36)59-37-35(49)40(50,16-42)17-54-37)25(44)12-30(55-18)57-22-7-8-38(3)21(10-22)5-6-23-24(38)11-28(46)39(4)31(20-9-29(47)52-14-20)27(56-19(2)43)13-41(23,39)51/h9,18,21-28,30-37,42,44-46,48-51H,5-8,10-17H2,1-4H3/t18-,21-,22+,23-,24+,25+,26-,27+,28-,30+,31+,32-,33-,34+,35+,36+,37+,38+,39-,40-,41+/m1/s1. The highest BCUT2D eigenvalue weighted by Gasteiger charge is 2.74. The van der Waals surface area contributed by atoms with E-state index in [4.69, 9.17) is 37.9 Å². The zero-order chi connectivity index (χ0) is 42.4. The van der Waals surface area contributed by atoms with E-state index >= 15 is 0 Å². The normalized spacial score (nSPS) is 53.5. The molecule has 18 nitrogen and oxygen atoms in total. The average Bonchev–Trinajstić information content (AvgIpc) is 3.80. The molecule has 21 atom stereocenters. The van der Waals surface area contributed by atoms with Crippen LogP contribution < -0.4 is 0 Å². The van der Waals surface area contributed by atoms with Crippen molar-refractivity contribution < 1.29 is 88.3 Å². The lowest BCUT2D eigenvalue weighted by molar-refractivity contribution is -0.342. The number of hydrogen-bond acceptors (Lipinski definition) is 18. The van der Waals surface area contributed by atoms with Gasteiger partial charge in [0, 0.05) is 37.2 Å². The van der Waals surface area contributed by atoms with E-state index in [-0.39, 0.29) is 55.3 Å². The molecule has 0 aromatic carbocycles. The molecule has 334 valence electrons. The SMILES string of the molecule is CC(=O)O[C@H]1C[C@]2(O)[C@@H]3CC[C@@H]4C[C@@H](O[C@H]5C[C@H](O)[C@H](O[C@@H]6OC[C@@H](O)[C@H](O[C@@H]7OC[C@](O)(CO)[C@H]7O)[C@H]6O)[C@@H](C)O5)CC[C@]4(C)[C@H]3C[C@@H](O)[C@]2(C)[C@H]1C1=CC(=O)OC1. The van der Waals surface area contributed by atoms with Crippen molar-refractivity contribution in [2.75, 3.05) is 26.4 Å². The molecule has 8 N–H and O–H groups in total. The predicted molar refractivity (Wildman–Crippen MR) is 197 cm³/mol. The Bertz CT molecular complexity index is 1600. The number of rotatable bonds is 9. The summed E-state index contributed by atoms with van der Waals surface area (Å²) in [5, 5.41) is 88.0. The lowest BCUT2D eigenvalue weighted by atomic mass is 9.42. The van der Waals surface area contributed by atoms with Crippen LogP contribution in [0.2, 0.25) is 0 Å². The van der Waals surface area contributed by atoms with Crippen LogP contribution in [0.15, 0.2) is 11.6 Å². The van der Waals surface area contributed by atoms with Crippen LogP contribution in [0.25, 0.3) is 0 Å². The molecule has 4 saturated carbocycles. The number of cyclic esters (lactones) is 1. The summed E-state index contributed by atoms with van der Waals surface area (Å²) in [4.78, 5) is 24.4. The fourth-order valence-electron chi connectivity index (χ4n) is 12.6. The first-order chi connectivity index (χ1) is 27.8. The maximum Gasteiger partial charge on any atom is 0.331 e. The summed E-state index contributed by atoms with van der Waals surface area (Å²) >= 11 is 0. The first kappa shape index (κ1) is 43.8. The van der Waals surface area contributed by atoms with Gasteiger partial charge in [-0.25, -0.2) is 4.79 Å². The molecule has 0 amide bonds. The highest BCUT2D eigenvalue weighted by atomic mass is 16.7. The van der Waals surface area contributed by atoms with Gasteiger partial charge in [0.05, 0.1) is 49.8 Å². The lowest BCUT2D eigenvalue weighted by Crippen LogP contribution is -2.67. The van der Waals surface area contributed by atoms with Gasteiger partial charge in [0.15, 0.2) is 18.9 Å². The Hall–Kier alpha value is -1.88. The molecule has 4 aliphatic heterocycles. The zero-order valence-electron chi connectivity index (χ0n) is 34.0. The largest absolute Gasteiger partial charge is 0.462 e. The van der Waals surface area contributed by atoms with E-state index in [2.05, 4.69) is 6.92 Å². The third-order valence-electron chi connectivity index (χ3n) is 15.9. The molecular formula is C41H62O18. The van der Waals surface area contributed by atoms with Crippen LogP contribution in [-0.4, -0.2) is 170 Å². The van der Waals surface area contributed by atoms with Gasteiger partial charge in [-0.05, 0) is 74.2 Å². The van der Waals surface area contributed by atoms with Gasteiger partial charge in [-0.3, -0.25) is 4.79 Å². The Kier molecular flexibility index (Phi) is 11.9. The van der Waals surface area contributed by atoms with Gasteiger partial charge >= 0.3 is 11.9 Å². The number of carbonyl (C=O) groups is 2. The topological polar surface area (TPSA) is 270 Å². The summed E-state index contributed by atoms with van der Waals surface area (Å²) in [6.45, 7) is 5.68. The van der Waals surface area contributed by atoms with Crippen LogP contribution in [0, 0.1) is 34.5 Å². The Balaban J connectivity index is 0.883. The molecule has 0 aromatic heterocycles. The minimum atomic E-state index is -1.96. The fraction of sp³-hybridized carbons (Fsp3) is 0.902. The second-order valence-electron chi connectivity index (χ2n) is 19.1. The Labute approximate surface area is 342 Å². The molecule has 18 heteroatoms. The second kappa shape index (κ2) is 16.0. The van der Waals surface area contributed by atoms with E-state index in [1.54, 1.807) is 6.92 Å². The molecule has 0 radical (unpaired) electrons. The Morgan fingerprint density at radius 3 is 2.32 bits per heavy atom. The predicted octanol–water partition coefficient (Wildman–Crippen LogP) is -1.07. The first-order valence-corrected chi connectivity index (χ1v) is 21.2. The number of esters is 2. The molecule has 8 aliphatic rings. The molecule has 0 aromatic rings. The Morgan fingerprint density at radius 1 is 0.915 bits per heavy atom. The molecule has 8 rings (SSSR count). The third kappa shape index (κ3) is 7.29. The highest BCUT2D eigenvalue weighted by Crippen LogP contribution is 2.70. The quantitative estimate of drug-likeness (QED) is 0.101. The van der Waals surface area contributed by atoms with Crippen LogP contribution in [0.1, 0.15) is 79.1 Å². The van der Waals surface area contributed by atoms with Crippen LogP contribution in [0.5, 0.6) is 0 Å². The average molecular weight is 843 g/mol. The smallest absolute Gasteiger partial charge is 0.331 e. The lowest BCUT2D eigenvalue weighted by Gasteiger charge is -2.64. The van der Waals surface area contributed by atoms with Crippen molar-refractivity contribution in [3.63, 3.8) is 0 Å². The summed E-state index contributed by atoms with van der Waals surface area (Å²) in [6, 6.07) is 0. The van der Waals surface area contributed by atoms with E-state index in [9.17, 15) is 50.4 Å². The molecule has 0 unspecified atom stereocenters. The number of fused-ring (bicyclic) bond motifs is 5. The molecule has 4 heterocycles. The van der Waals surface area contributed by atoms with Crippen molar-refractivity contribution in [1.29, 1.82) is 0 Å². The van der Waals surface area contributed by atoms with Gasteiger partial charge < -0.3 is 78.7 Å². The number of carbonyl (C=O) groups excluding carboxylic acids is 2. The van der Waals surface area contributed by atoms with E-state index in [0.29, 0.717) is 24.8 Å². The number of ether oxygens (including phenoxy) is 8. The molecular weight excluding hydrogens is 780 g/mol. The summed E-state index contributed by atoms with van der Waals surface area (Å²) in [6.07, 6.45) is -8.24. The maximum atomic E-state index is 12.8. The highest BCUT2D eigenvalue weighted by molar-refractivity contribution is 5.85. The van der Waals surface area contributed by atoms with Crippen molar-refractivity contribution in [2.24, 2.45) is 34.5 Å². The fourth-order valence-corrected chi connectivity index (χ4v) is 12.6. The van der Waals surface area contributed by atoms with Gasteiger partial charge in [-0.15, -0.1) is 0 Å². The van der Waals surface area contributed by atoms with Crippen molar-refractivity contribution >= 4 is 11.9 Å². The van der Waals surface area contributed by atoms with Crippen molar-refractivity contribution in [3.05, 3.63) is 11.6 Å². The monoisotopic (exact) mass is 842 g/mol. The minimum Gasteiger partial charge on any atom is -0.462 e. The number of hydrogen-bond donors (Lipinski definition) is 8. The van der Waals surface area contributed by atoms with E-state index in [1.807, 2.05) is 6.92 Å². The van der Waals surface area contributed by atoms with Crippen molar-refractivity contribution in [2.45, 2.75) is 170 Å². The molecule has 0 bridgehead atoms. The number of aliphatic hydroxyl groups is 8. The Morgan fingerprint density at radius 2 is 1.66 bits per heavy atom. The van der Waals surface area contributed by atoms with E-state index < -0.39 is 121 Å². The van der Waals surface area contributed by atoms with Crippen LogP contribution in [0.3, 0.4) is 0 Å². The maximum absolute atomic E-state index is 12.8. The second-order valence-corrected chi connectivity index (χ2v) is 19.1. The number of aliphatic hydroxyl groups excluding tert-OH is 6. The first-order valence-electron chi connectivity index (χ1n) is 21.2. The van der Waals surface area contributed by atoms with Crippen LogP contribution in [0.4, 0.5) is 0 Å². The van der Waals surface area contributed by atoms with E-state index in [0.717, 1.165) is 19.3 Å². The van der Waals surface area contributed by atoms with Crippen LogP contribution in [-0.2, 0) is 47.5 Å². The van der Waals surface area contributed by atoms with Crippen molar-refractivity contribution in [1.82, 2.24) is 0 Å². The zero-order valence-corrected chi connectivity index (χ0v) is 34.0. The summed E-state index contributed by atoms with van der Waals surface area (Å²) < 4.78 is 46.3. The van der Waals surface area contributed by atoms with Crippen LogP contribution >= 0.6 is 0 Å². The molecule has 59 heavy (non-hydrogen) atoms. The summed E-state index contributed by atoms with van der Waals surface area (Å²) in [5.74, 6) is -1.51. The van der Waals surface area contributed by atoms with Gasteiger partial charge in [0.2, 0.25) is 0 Å². The molecule has 7 fully saturated rings.